The molecule has 0 N–H and O–H groups in total. The Labute approximate surface area is 101 Å². The number of nitrogens with zero attached hydrogens (tertiary/aromatic N) is 5. The summed E-state index contributed by atoms with van der Waals surface area (Å²) in [5, 5.41) is 7.60. The standard InChI is InChI=1S/C10H10BrN5/c11-10-8-12-9(7-13-10)3-1-2-5-16-6-4-14-15-16/h1,3-4,6-8H,2,5H2. The molecule has 0 amide bonds. The van der Waals surface area contributed by atoms with Crippen LogP contribution in [0.3, 0.4) is 0 Å². The van der Waals surface area contributed by atoms with Gasteiger partial charge in [-0.25, -0.2) is 4.98 Å². The van der Waals surface area contributed by atoms with Gasteiger partial charge in [-0.2, -0.15) is 0 Å². The van der Waals surface area contributed by atoms with Crippen LogP contribution >= 0.6 is 15.9 Å². The highest BCUT2D eigenvalue weighted by Crippen LogP contribution is 2.04. The molecular weight excluding hydrogens is 270 g/mol. The molecule has 0 aliphatic heterocycles. The Morgan fingerprint density at radius 3 is 2.94 bits per heavy atom. The second-order valence-electron chi connectivity index (χ2n) is 3.12. The first-order valence-electron chi connectivity index (χ1n) is 4.83. The minimum absolute atomic E-state index is 0.743. The fraction of sp³-hybridized carbons (Fsp3) is 0.200. The van der Waals surface area contributed by atoms with E-state index in [0.29, 0.717) is 0 Å². The molecule has 0 bridgehead atoms. The van der Waals surface area contributed by atoms with Crippen molar-refractivity contribution in [2.24, 2.45) is 0 Å². The first kappa shape index (κ1) is 10.9. The van der Waals surface area contributed by atoms with Gasteiger partial charge in [0.2, 0.25) is 0 Å². The van der Waals surface area contributed by atoms with Gasteiger partial charge in [-0.05, 0) is 28.4 Å². The van der Waals surface area contributed by atoms with Crippen molar-refractivity contribution < 1.29 is 0 Å². The fourth-order valence-electron chi connectivity index (χ4n) is 1.17. The lowest BCUT2D eigenvalue weighted by molar-refractivity contribution is 0.597. The predicted octanol–water partition coefficient (Wildman–Crippen LogP) is 1.93. The topological polar surface area (TPSA) is 56.5 Å². The van der Waals surface area contributed by atoms with E-state index >= 15 is 0 Å². The molecule has 0 saturated heterocycles. The van der Waals surface area contributed by atoms with Gasteiger partial charge in [0.25, 0.3) is 0 Å². The zero-order valence-corrected chi connectivity index (χ0v) is 10.1. The van der Waals surface area contributed by atoms with Crippen molar-refractivity contribution in [1.82, 2.24) is 25.0 Å². The third-order valence-corrected chi connectivity index (χ3v) is 2.34. The van der Waals surface area contributed by atoms with Crippen LogP contribution in [0.15, 0.2) is 35.5 Å². The molecule has 0 atom stereocenters. The summed E-state index contributed by atoms with van der Waals surface area (Å²) in [4.78, 5) is 8.26. The van der Waals surface area contributed by atoms with Crippen LogP contribution in [-0.2, 0) is 6.54 Å². The molecule has 5 nitrogen and oxygen atoms in total. The molecule has 0 spiro atoms. The smallest absolute Gasteiger partial charge is 0.124 e. The van der Waals surface area contributed by atoms with Crippen molar-refractivity contribution >= 4 is 22.0 Å². The third-order valence-electron chi connectivity index (χ3n) is 1.93. The van der Waals surface area contributed by atoms with Crippen molar-refractivity contribution in [2.75, 3.05) is 0 Å². The van der Waals surface area contributed by atoms with Gasteiger partial charge in [-0.3, -0.25) is 9.67 Å². The van der Waals surface area contributed by atoms with Crippen molar-refractivity contribution in [3.8, 4) is 0 Å². The van der Waals surface area contributed by atoms with Crippen LogP contribution in [0.2, 0.25) is 0 Å². The van der Waals surface area contributed by atoms with E-state index in [1.807, 2.05) is 18.3 Å². The Kier molecular flexibility index (Phi) is 3.76. The van der Waals surface area contributed by atoms with E-state index in [-0.39, 0.29) is 0 Å². The number of aromatic nitrogens is 5. The molecular formula is C10H10BrN5. The summed E-state index contributed by atoms with van der Waals surface area (Å²) in [6.07, 6.45) is 11.8. The number of rotatable bonds is 4. The van der Waals surface area contributed by atoms with Crippen LogP contribution in [0.25, 0.3) is 6.08 Å². The van der Waals surface area contributed by atoms with Crippen LogP contribution in [0.5, 0.6) is 0 Å². The molecule has 82 valence electrons. The number of hydrogen-bond acceptors (Lipinski definition) is 4. The van der Waals surface area contributed by atoms with E-state index in [0.717, 1.165) is 23.3 Å². The number of hydrogen-bond donors (Lipinski definition) is 0. The van der Waals surface area contributed by atoms with Crippen LogP contribution in [0.4, 0.5) is 0 Å². The zero-order chi connectivity index (χ0) is 11.2. The quantitative estimate of drug-likeness (QED) is 0.858. The second-order valence-corrected chi connectivity index (χ2v) is 3.93. The number of aryl methyl sites for hydroxylation is 1. The monoisotopic (exact) mass is 279 g/mol. The average molecular weight is 280 g/mol. The summed E-state index contributed by atoms with van der Waals surface area (Å²) < 4.78 is 2.53. The molecule has 0 fully saturated rings. The van der Waals surface area contributed by atoms with Gasteiger partial charge in [0, 0.05) is 12.7 Å². The van der Waals surface area contributed by atoms with E-state index < -0.39 is 0 Å². The average Bonchev–Trinajstić information content (AvgIpc) is 2.80. The van der Waals surface area contributed by atoms with Crippen LogP contribution in [0, 0.1) is 0 Å². The molecule has 0 unspecified atom stereocenters. The Bertz CT molecular complexity index is 449. The van der Waals surface area contributed by atoms with E-state index in [2.05, 4.69) is 36.2 Å². The van der Waals surface area contributed by atoms with Gasteiger partial charge in [0.05, 0.1) is 24.3 Å². The molecule has 0 aliphatic rings. The van der Waals surface area contributed by atoms with Gasteiger partial charge in [0.15, 0.2) is 0 Å². The highest BCUT2D eigenvalue weighted by atomic mass is 79.9. The second kappa shape index (κ2) is 5.50. The molecule has 2 aromatic heterocycles. The molecule has 2 aromatic rings. The SMILES string of the molecule is Brc1cnc(C=CCCn2ccnn2)cn1. The summed E-state index contributed by atoms with van der Waals surface area (Å²) in [6.45, 7) is 0.820. The van der Waals surface area contributed by atoms with E-state index in [1.165, 1.54) is 0 Å². The molecule has 0 aliphatic carbocycles. The Hall–Kier alpha value is -1.56. The van der Waals surface area contributed by atoms with E-state index in [9.17, 15) is 0 Å². The number of halogens is 1. The predicted molar refractivity (Wildman–Crippen MR) is 63.4 cm³/mol. The Morgan fingerprint density at radius 2 is 2.25 bits per heavy atom. The maximum absolute atomic E-state index is 4.18. The van der Waals surface area contributed by atoms with Gasteiger partial charge in [-0.1, -0.05) is 11.3 Å². The lowest BCUT2D eigenvalue weighted by atomic mass is 10.3. The summed E-state index contributed by atoms with van der Waals surface area (Å²) >= 11 is 3.24. The molecule has 0 saturated carbocycles. The first-order valence-corrected chi connectivity index (χ1v) is 5.62. The molecule has 2 heterocycles. The Morgan fingerprint density at radius 1 is 1.31 bits per heavy atom. The summed E-state index contributed by atoms with van der Waals surface area (Å²) in [7, 11) is 0. The van der Waals surface area contributed by atoms with Crippen molar-refractivity contribution in [3.05, 3.63) is 41.2 Å². The minimum atomic E-state index is 0.743. The highest BCUT2D eigenvalue weighted by molar-refractivity contribution is 9.10. The van der Waals surface area contributed by atoms with Gasteiger partial charge in [0.1, 0.15) is 4.60 Å². The molecule has 0 radical (unpaired) electrons. The zero-order valence-electron chi connectivity index (χ0n) is 8.49. The summed E-state index contributed by atoms with van der Waals surface area (Å²) in [6, 6.07) is 0. The minimum Gasteiger partial charge on any atom is -0.252 e. The van der Waals surface area contributed by atoms with Gasteiger partial charge < -0.3 is 0 Å². The first-order chi connectivity index (χ1) is 7.84. The van der Waals surface area contributed by atoms with Crippen LogP contribution < -0.4 is 0 Å². The fourth-order valence-corrected chi connectivity index (χ4v) is 1.38. The van der Waals surface area contributed by atoms with Crippen molar-refractivity contribution in [3.63, 3.8) is 0 Å². The lowest BCUT2D eigenvalue weighted by Gasteiger charge is -1.95. The third kappa shape index (κ3) is 3.23. The van der Waals surface area contributed by atoms with Crippen molar-refractivity contribution in [2.45, 2.75) is 13.0 Å². The summed E-state index contributed by atoms with van der Waals surface area (Å²) in [5.74, 6) is 0. The summed E-state index contributed by atoms with van der Waals surface area (Å²) in [5.41, 5.74) is 0.849. The Balaban J connectivity index is 1.83. The maximum Gasteiger partial charge on any atom is 0.124 e. The number of allylic oxidation sites excluding steroid dienone is 1. The van der Waals surface area contributed by atoms with Crippen molar-refractivity contribution in [1.29, 1.82) is 0 Å². The van der Waals surface area contributed by atoms with Crippen LogP contribution in [0.1, 0.15) is 12.1 Å². The normalized spacial score (nSPS) is 11.1. The van der Waals surface area contributed by atoms with E-state index in [1.54, 1.807) is 23.3 Å². The molecule has 16 heavy (non-hydrogen) atoms. The van der Waals surface area contributed by atoms with Gasteiger partial charge in [-0.15, -0.1) is 5.10 Å². The van der Waals surface area contributed by atoms with Crippen LogP contribution in [-0.4, -0.2) is 25.0 Å². The lowest BCUT2D eigenvalue weighted by Crippen LogP contribution is -1.97. The van der Waals surface area contributed by atoms with E-state index in [4.69, 9.17) is 0 Å². The molecule has 0 aromatic carbocycles. The molecule has 6 heteroatoms. The maximum atomic E-state index is 4.18. The van der Waals surface area contributed by atoms with Gasteiger partial charge >= 0.3 is 0 Å². The molecule has 2 rings (SSSR count). The largest absolute Gasteiger partial charge is 0.252 e. The highest BCUT2D eigenvalue weighted by Gasteiger charge is 1.91.